The van der Waals surface area contributed by atoms with Crippen molar-refractivity contribution >= 4 is 11.6 Å². The van der Waals surface area contributed by atoms with E-state index in [1.165, 1.54) is 16.8 Å². The van der Waals surface area contributed by atoms with Crippen LogP contribution in [0.2, 0.25) is 0 Å². The summed E-state index contributed by atoms with van der Waals surface area (Å²) in [6, 6.07) is 7.44. The van der Waals surface area contributed by atoms with E-state index in [2.05, 4.69) is 10.4 Å². The lowest BCUT2D eigenvalue weighted by Crippen LogP contribution is -2.33. The summed E-state index contributed by atoms with van der Waals surface area (Å²) in [5, 5.41) is 26.9. The monoisotopic (exact) mass is 328 g/mol. The van der Waals surface area contributed by atoms with Gasteiger partial charge in [0, 0.05) is 36.9 Å². The van der Waals surface area contributed by atoms with Crippen molar-refractivity contribution in [2.45, 2.75) is 12.5 Å². The molecule has 24 heavy (non-hydrogen) atoms. The minimum Gasteiger partial charge on any atom is -0.396 e. The van der Waals surface area contributed by atoms with Crippen LogP contribution in [-0.2, 0) is 0 Å². The van der Waals surface area contributed by atoms with Crippen molar-refractivity contribution in [2.24, 2.45) is 5.92 Å². The third kappa shape index (κ3) is 3.33. The zero-order chi connectivity index (χ0) is 17.1. The van der Waals surface area contributed by atoms with Gasteiger partial charge in [-0.3, -0.25) is 14.9 Å². The number of aromatic nitrogens is 2. The lowest BCUT2D eigenvalue weighted by atomic mass is 10.1. The molecule has 3 rings (SSSR count). The molecule has 8 heteroatoms. The lowest BCUT2D eigenvalue weighted by molar-refractivity contribution is -0.384. The average Bonchev–Trinajstić information content (AvgIpc) is 3.24. The molecule has 0 fully saturated rings. The van der Waals surface area contributed by atoms with Crippen LogP contribution in [-0.4, -0.2) is 38.4 Å². The van der Waals surface area contributed by atoms with Gasteiger partial charge in [-0.2, -0.15) is 5.10 Å². The van der Waals surface area contributed by atoms with Gasteiger partial charge in [0.1, 0.15) is 0 Å². The smallest absolute Gasteiger partial charge is 0.272 e. The minimum atomic E-state index is -0.482. The standard InChI is InChI=1S/C16H16N4O4/c21-10-11-4-5-12(8-11)17-16(22)15-6-7-19(18-15)13-2-1-3-14(9-13)20(23)24/h1-7,9,11-12,21H,8,10H2,(H,17,22)/t11-,12+/m0/s1. The Balaban J connectivity index is 1.71. The first kappa shape index (κ1) is 15.9. The SMILES string of the molecule is O=C(N[C@@H]1C=C[C@H](CO)C1)c1ccn(-c2cccc([N+](=O)[O-])c2)n1. The molecule has 1 aromatic heterocycles. The molecule has 0 saturated heterocycles. The van der Waals surface area contributed by atoms with E-state index in [1.54, 1.807) is 24.4 Å². The summed E-state index contributed by atoms with van der Waals surface area (Å²) in [6.45, 7) is 0.0598. The van der Waals surface area contributed by atoms with Crippen LogP contribution in [0.15, 0.2) is 48.7 Å². The zero-order valence-corrected chi connectivity index (χ0v) is 12.7. The highest BCUT2D eigenvalue weighted by Gasteiger charge is 2.21. The van der Waals surface area contributed by atoms with Gasteiger partial charge < -0.3 is 10.4 Å². The molecule has 0 saturated carbocycles. The van der Waals surface area contributed by atoms with Crippen LogP contribution in [0, 0.1) is 16.0 Å². The van der Waals surface area contributed by atoms with E-state index in [4.69, 9.17) is 5.11 Å². The first-order chi connectivity index (χ1) is 11.6. The second kappa shape index (κ2) is 6.63. The van der Waals surface area contributed by atoms with Crippen molar-refractivity contribution in [3.63, 3.8) is 0 Å². The third-order valence-corrected chi connectivity index (χ3v) is 3.85. The first-order valence-corrected chi connectivity index (χ1v) is 7.47. The summed E-state index contributed by atoms with van der Waals surface area (Å²) in [5.41, 5.74) is 0.687. The Labute approximate surface area is 137 Å². The normalized spacial score (nSPS) is 19.4. The van der Waals surface area contributed by atoms with Crippen LogP contribution < -0.4 is 5.32 Å². The third-order valence-electron chi connectivity index (χ3n) is 3.85. The molecule has 1 aliphatic rings. The molecule has 1 amide bonds. The number of aliphatic hydroxyl groups excluding tert-OH is 1. The molecular weight excluding hydrogens is 312 g/mol. The number of hydrogen-bond acceptors (Lipinski definition) is 5. The number of carbonyl (C=O) groups is 1. The number of hydrogen-bond donors (Lipinski definition) is 2. The highest BCUT2D eigenvalue weighted by Crippen LogP contribution is 2.18. The maximum absolute atomic E-state index is 12.2. The number of nitro groups is 1. The average molecular weight is 328 g/mol. The fourth-order valence-corrected chi connectivity index (χ4v) is 2.60. The van der Waals surface area contributed by atoms with Crippen LogP contribution in [0.5, 0.6) is 0 Å². The quantitative estimate of drug-likeness (QED) is 0.490. The first-order valence-electron chi connectivity index (χ1n) is 7.47. The van der Waals surface area contributed by atoms with Crippen LogP contribution in [0.25, 0.3) is 5.69 Å². The number of nitrogens with zero attached hydrogens (tertiary/aromatic N) is 3. The lowest BCUT2D eigenvalue weighted by Gasteiger charge is -2.11. The summed E-state index contributed by atoms with van der Waals surface area (Å²) in [4.78, 5) is 22.6. The van der Waals surface area contributed by atoms with Crippen molar-refractivity contribution in [1.29, 1.82) is 0 Å². The molecule has 8 nitrogen and oxygen atoms in total. The Morgan fingerprint density at radius 3 is 2.96 bits per heavy atom. The molecular formula is C16H16N4O4. The van der Waals surface area contributed by atoms with Crippen LogP contribution >= 0.6 is 0 Å². The van der Waals surface area contributed by atoms with Gasteiger partial charge in [-0.05, 0) is 18.6 Å². The Bertz CT molecular complexity index is 799. The number of non-ortho nitro benzene ring substituents is 1. The molecule has 0 spiro atoms. The summed E-state index contributed by atoms with van der Waals surface area (Å²) in [7, 11) is 0. The molecule has 2 atom stereocenters. The largest absolute Gasteiger partial charge is 0.396 e. The fourth-order valence-electron chi connectivity index (χ4n) is 2.60. The van der Waals surface area contributed by atoms with Gasteiger partial charge in [0.2, 0.25) is 0 Å². The van der Waals surface area contributed by atoms with E-state index < -0.39 is 4.92 Å². The van der Waals surface area contributed by atoms with Gasteiger partial charge in [-0.1, -0.05) is 18.2 Å². The van der Waals surface area contributed by atoms with E-state index in [-0.39, 0.29) is 35.9 Å². The number of benzene rings is 1. The number of rotatable bonds is 5. The Hall–Kier alpha value is -3.00. The molecule has 0 aliphatic heterocycles. The van der Waals surface area contributed by atoms with Crippen molar-refractivity contribution in [2.75, 3.05) is 6.61 Å². The molecule has 0 unspecified atom stereocenters. The number of nitrogens with one attached hydrogen (secondary N) is 1. The van der Waals surface area contributed by atoms with Gasteiger partial charge in [0.25, 0.3) is 11.6 Å². The maximum Gasteiger partial charge on any atom is 0.272 e. The van der Waals surface area contributed by atoms with E-state index in [1.807, 2.05) is 12.2 Å². The van der Waals surface area contributed by atoms with Crippen molar-refractivity contribution < 1.29 is 14.8 Å². The molecule has 0 radical (unpaired) electrons. The van der Waals surface area contributed by atoms with Crippen molar-refractivity contribution in [1.82, 2.24) is 15.1 Å². The summed E-state index contributed by atoms with van der Waals surface area (Å²) < 4.78 is 1.42. The summed E-state index contributed by atoms with van der Waals surface area (Å²) in [6.07, 6.45) is 5.98. The van der Waals surface area contributed by atoms with Crippen LogP contribution in [0.4, 0.5) is 5.69 Å². The van der Waals surface area contributed by atoms with Gasteiger partial charge >= 0.3 is 0 Å². The Morgan fingerprint density at radius 2 is 2.25 bits per heavy atom. The Kier molecular flexibility index (Phi) is 4.39. The fraction of sp³-hybridized carbons (Fsp3) is 0.250. The maximum atomic E-state index is 12.2. The number of carbonyl (C=O) groups excluding carboxylic acids is 1. The molecule has 1 heterocycles. The molecule has 0 bridgehead atoms. The minimum absolute atomic E-state index is 0.0415. The Morgan fingerprint density at radius 1 is 1.42 bits per heavy atom. The van der Waals surface area contributed by atoms with Crippen LogP contribution in [0.3, 0.4) is 0 Å². The van der Waals surface area contributed by atoms with Crippen molar-refractivity contribution in [3.8, 4) is 5.69 Å². The van der Waals surface area contributed by atoms with Gasteiger partial charge in [-0.15, -0.1) is 0 Å². The molecule has 124 valence electrons. The van der Waals surface area contributed by atoms with Gasteiger partial charge in [0.15, 0.2) is 5.69 Å². The van der Waals surface area contributed by atoms with E-state index >= 15 is 0 Å². The summed E-state index contributed by atoms with van der Waals surface area (Å²) >= 11 is 0. The molecule has 1 aromatic carbocycles. The predicted molar refractivity (Wildman–Crippen MR) is 85.8 cm³/mol. The molecule has 1 aliphatic carbocycles. The van der Waals surface area contributed by atoms with Crippen molar-refractivity contribution in [3.05, 3.63) is 64.5 Å². The highest BCUT2D eigenvalue weighted by molar-refractivity contribution is 5.92. The molecule has 2 N–H and O–H groups in total. The number of amides is 1. The number of nitro benzene ring substituents is 1. The van der Waals surface area contributed by atoms with Gasteiger partial charge in [0.05, 0.1) is 10.6 Å². The number of aliphatic hydroxyl groups is 1. The second-order valence-electron chi connectivity index (χ2n) is 5.57. The van der Waals surface area contributed by atoms with E-state index in [0.717, 1.165) is 0 Å². The summed E-state index contributed by atoms with van der Waals surface area (Å²) in [5.74, 6) is -0.259. The predicted octanol–water partition coefficient (Wildman–Crippen LogP) is 1.45. The van der Waals surface area contributed by atoms with Gasteiger partial charge in [-0.25, -0.2) is 4.68 Å². The molecule has 2 aromatic rings. The van der Waals surface area contributed by atoms with Crippen LogP contribution in [0.1, 0.15) is 16.9 Å². The zero-order valence-electron chi connectivity index (χ0n) is 12.7. The van der Waals surface area contributed by atoms with E-state index in [9.17, 15) is 14.9 Å². The van der Waals surface area contributed by atoms with E-state index in [0.29, 0.717) is 12.1 Å². The highest BCUT2D eigenvalue weighted by atomic mass is 16.6. The topological polar surface area (TPSA) is 110 Å². The second-order valence-corrected chi connectivity index (χ2v) is 5.57.